The number of phenols is 1. The zero-order chi connectivity index (χ0) is 18.9. The van der Waals surface area contributed by atoms with E-state index < -0.39 is 11.6 Å². The summed E-state index contributed by atoms with van der Waals surface area (Å²) in [6.07, 6.45) is 1.65. The van der Waals surface area contributed by atoms with Crippen LogP contribution in [0.1, 0.15) is 21.5 Å². The normalized spacial score (nSPS) is 22.7. The Balaban J connectivity index is 1.93. The van der Waals surface area contributed by atoms with Crippen LogP contribution in [0.4, 0.5) is 0 Å². The second-order valence-corrected chi connectivity index (χ2v) is 7.94. The van der Waals surface area contributed by atoms with Gasteiger partial charge in [0.05, 0.1) is 15.6 Å². The molecule has 1 atom stereocenters. The fourth-order valence-electron chi connectivity index (χ4n) is 3.61. The van der Waals surface area contributed by atoms with Crippen LogP contribution >= 0.6 is 31.9 Å². The molecule has 0 saturated carbocycles. The highest BCUT2D eigenvalue weighted by Crippen LogP contribution is 2.57. The molecule has 1 radical (unpaired) electrons. The third-order valence-corrected chi connectivity index (χ3v) is 6.01. The first kappa shape index (κ1) is 16.7. The first-order valence-electron chi connectivity index (χ1n) is 7.91. The summed E-state index contributed by atoms with van der Waals surface area (Å²) in [5.41, 5.74) is 3.68. The third-order valence-electron chi connectivity index (χ3n) is 4.77. The van der Waals surface area contributed by atoms with Crippen LogP contribution in [0.15, 0.2) is 69.8 Å². The summed E-state index contributed by atoms with van der Waals surface area (Å²) in [5, 5.41) is 20.2. The Hall–Kier alpha value is -2.47. The number of aliphatic hydroxyl groups excluding tert-OH is 1. The van der Waals surface area contributed by atoms with E-state index in [1.165, 1.54) is 6.07 Å². The molecule has 0 fully saturated rings. The Bertz CT molecular complexity index is 1140. The number of carbonyl (C=O) groups excluding carboxylic acids is 1. The van der Waals surface area contributed by atoms with Gasteiger partial charge >= 0.3 is 5.97 Å². The molecular weight excluding hydrogens is 480 g/mol. The molecule has 1 spiro atoms. The SMILES string of the molecule is O=C1OC2(C3=C[C](Br)C(O)=C=C3Oc3cc(O)c(Br)cc32)c2ccccc21. The molecule has 2 aromatic rings. The lowest BCUT2D eigenvalue weighted by Crippen LogP contribution is -2.37. The largest absolute Gasteiger partial charge is 0.507 e. The molecule has 5 rings (SSSR count). The van der Waals surface area contributed by atoms with Gasteiger partial charge in [0, 0.05) is 17.2 Å². The summed E-state index contributed by atoms with van der Waals surface area (Å²) < 4.78 is 12.3. The molecule has 2 N–H and O–H groups in total. The van der Waals surface area contributed by atoms with Gasteiger partial charge in [-0.3, -0.25) is 0 Å². The molecule has 1 aliphatic carbocycles. The molecule has 133 valence electrons. The lowest BCUT2D eigenvalue weighted by molar-refractivity contribution is 0.0201. The van der Waals surface area contributed by atoms with E-state index in [0.29, 0.717) is 37.3 Å². The minimum atomic E-state index is -1.28. The summed E-state index contributed by atoms with van der Waals surface area (Å²) in [4.78, 5) is 13.1. The van der Waals surface area contributed by atoms with Gasteiger partial charge in [-0.05, 0) is 39.9 Å². The van der Waals surface area contributed by atoms with Crippen molar-refractivity contribution in [2.75, 3.05) is 0 Å². The van der Waals surface area contributed by atoms with Crippen molar-refractivity contribution >= 4 is 37.8 Å². The molecule has 0 aromatic heterocycles. The van der Waals surface area contributed by atoms with Gasteiger partial charge < -0.3 is 19.7 Å². The van der Waals surface area contributed by atoms with E-state index in [-0.39, 0.29) is 17.3 Å². The zero-order valence-corrected chi connectivity index (χ0v) is 16.6. The van der Waals surface area contributed by atoms with Crippen molar-refractivity contribution in [3.05, 3.63) is 91.3 Å². The Morgan fingerprint density at radius 3 is 2.67 bits per heavy atom. The van der Waals surface area contributed by atoms with E-state index in [1.807, 2.05) is 12.1 Å². The predicted octanol–water partition coefficient (Wildman–Crippen LogP) is 4.75. The maximum absolute atomic E-state index is 12.7. The number of aromatic hydroxyl groups is 1. The van der Waals surface area contributed by atoms with E-state index >= 15 is 0 Å². The molecule has 1 unspecified atom stereocenters. The molecule has 2 heterocycles. The standard InChI is InChI=1S/C20H9Br2O5/c21-13-5-11-17(7-15(13)23)26-18-8-16(24)14(22)6-12(18)20(11)10-4-2-1-3-9(10)19(25)27-20/h1-7,23-24H. The van der Waals surface area contributed by atoms with Crippen molar-refractivity contribution in [3.63, 3.8) is 0 Å². The molecule has 27 heavy (non-hydrogen) atoms. The first-order valence-corrected chi connectivity index (χ1v) is 9.49. The molecule has 0 bridgehead atoms. The van der Waals surface area contributed by atoms with Crippen molar-refractivity contribution in [3.8, 4) is 11.5 Å². The number of benzene rings is 2. The van der Waals surface area contributed by atoms with Crippen molar-refractivity contribution < 1.29 is 24.5 Å². The molecule has 2 aliphatic heterocycles. The number of halogens is 2. The first-order chi connectivity index (χ1) is 12.9. The summed E-state index contributed by atoms with van der Waals surface area (Å²) in [7, 11) is 0. The number of esters is 1. The number of ether oxygens (including phenoxy) is 2. The van der Waals surface area contributed by atoms with Crippen molar-refractivity contribution in [1.29, 1.82) is 0 Å². The maximum atomic E-state index is 12.7. The van der Waals surface area contributed by atoms with E-state index in [0.717, 1.165) is 0 Å². The van der Waals surface area contributed by atoms with E-state index in [4.69, 9.17) is 9.47 Å². The van der Waals surface area contributed by atoms with Crippen LogP contribution in [0.3, 0.4) is 0 Å². The van der Waals surface area contributed by atoms with Crippen LogP contribution in [0.25, 0.3) is 0 Å². The fourth-order valence-corrected chi connectivity index (χ4v) is 4.28. The smallest absolute Gasteiger partial charge is 0.340 e. The third kappa shape index (κ3) is 2.13. The van der Waals surface area contributed by atoms with Crippen molar-refractivity contribution in [2.45, 2.75) is 5.60 Å². The Labute approximate surface area is 170 Å². The van der Waals surface area contributed by atoms with Gasteiger partial charge in [-0.2, -0.15) is 0 Å². The van der Waals surface area contributed by atoms with E-state index in [1.54, 1.807) is 24.3 Å². The number of hydrogen-bond donors (Lipinski definition) is 2. The predicted molar refractivity (Wildman–Crippen MR) is 102 cm³/mol. The summed E-state index contributed by atoms with van der Waals surface area (Å²) in [6.45, 7) is 0. The van der Waals surface area contributed by atoms with Gasteiger partial charge in [-0.1, -0.05) is 34.1 Å². The Kier molecular flexibility index (Phi) is 3.41. The van der Waals surface area contributed by atoms with E-state index in [9.17, 15) is 15.0 Å². The second kappa shape index (κ2) is 5.52. The van der Waals surface area contributed by atoms with Crippen LogP contribution in [-0.4, -0.2) is 16.2 Å². The number of phenolic OH excluding ortho intramolecular Hbond substituents is 1. The van der Waals surface area contributed by atoms with Gasteiger partial charge in [-0.25, -0.2) is 4.79 Å². The van der Waals surface area contributed by atoms with Crippen LogP contribution in [0.5, 0.6) is 11.5 Å². The highest BCUT2D eigenvalue weighted by molar-refractivity contribution is 9.11. The highest BCUT2D eigenvalue weighted by Gasteiger charge is 2.56. The van der Waals surface area contributed by atoms with Crippen LogP contribution in [0, 0.1) is 4.83 Å². The highest BCUT2D eigenvalue weighted by atomic mass is 79.9. The molecule has 0 amide bonds. The molecule has 2 aromatic carbocycles. The fraction of sp³-hybridized carbons (Fsp3) is 0.0500. The lowest BCUT2D eigenvalue weighted by atomic mass is 9.75. The Morgan fingerprint density at radius 1 is 1.07 bits per heavy atom. The molecule has 0 saturated heterocycles. The second-order valence-electron chi connectivity index (χ2n) is 6.23. The van der Waals surface area contributed by atoms with E-state index in [2.05, 4.69) is 37.6 Å². The number of rotatable bonds is 0. The quantitative estimate of drug-likeness (QED) is 0.413. The van der Waals surface area contributed by atoms with Crippen LogP contribution in [0.2, 0.25) is 0 Å². The topological polar surface area (TPSA) is 76.0 Å². The van der Waals surface area contributed by atoms with Gasteiger partial charge in [0.1, 0.15) is 16.3 Å². The zero-order valence-electron chi connectivity index (χ0n) is 13.4. The number of hydrogen-bond acceptors (Lipinski definition) is 5. The molecule has 5 nitrogen and oxygen atoms in total. The monoisotopic (exact) mass is 487 g/mol. The minimum Gasteiger partial charge on any atom is -0.507 e. The summed E-state index contributed by atoms with van der Waals surface area (Å²) in [5.74, 6) is -0.0875. The lowest BCUT2D eigenvalue weighted by Gasteiger charge is -2.38. The van der Waals surface area contributed by atoms with Crippen LogP contribution < -0.4 is 4.74 Å². The van der Waals surface area contributed by atoms with Crippen molar-refractivity contribution in [2.24, 2.45) is 0 Å². The summed E-state index contributed by atoms with van der Waals surface area (Å²) >= 11 is 6.62. The Morgan fingerprint density at radius 2 is 1.85 bits per heavy atom. The van der Waals surface area contributed by atoms with Gasteiger partial charge in [0.15, 0.2) is 17.1 Å². The molecule has 7 heteroatoms. The van der Waals surface area contributed by atoms with Gasteiger partial charge in [0.2, 0.25) is 0 Å². The maximum Gasteiger partial charge on any atom is 0.340 e. The van der Waals surface area contributed by atoms with Crippen LogP contribution in [-0.2, 0) is 10.3 Å². The van der Waals surface area contributed by atoms with Gasteiger partial charge in [0.25, 0.3) is 0 Å². The molecular formula is C20H9Br2O5. The average Bonchev–Trinajstić information content (AvgIpc) is 2.93. The van der Waals surface area contributed by atoms with Crippen molar-refractivity contribution in [1.82, 2.24) is 0 Å². The minimum absolute atomic E-state index is 0.0220. The molecule has 3 aliphatic rings. The van der Waals surface area contributed by atoms with Gasteiger partial charge in [-0.15, -0.1) is 0 Å². The number of fused-ring (bicyclic) bond motifs is 6. The number of aliphatic hydroxyl groups is 1. The average molecular weight is 489 g/mol. The summed E-state index contributed by atoms with van der Waals surface area (Å²) in [6, 6.07) is 10.2. The number of carbonyl (C=O) groups is 1.